The van der Waals surface area contributed by atoms with Crippen LogP contribution in [0.25, 0.3) is 11.0 Å². The average Bonchev–Trinajstić information content (AvgIpc) is 2.87. The molecule has 1 aromatic carbocycles. The number of benzene rings is 1. The molecule has 0 aliphatic carbocycles. The summed E-state index contributed by atoms with van der Waals surface area (Å²) >= 11 is 0. The topological polar surface area (TPSA) is 124 Å². The Kier molecular flexibility index (Phi) is 8.59. The summed E-state index contributed by atoms with van der Waals surface area (Å²) in [5.41, 5.74) is 1.79. The van der Waals surface area contributed by atoms with Gasteiger partial charge in [-0.1, -0.05) is 32.9 Å². The first-order valence-electron chi connectivity index (χ1n) is 14.3. The van der Waals surface area contributed by atoms with Gasteiger partial charge in [0.15, 0.2) is 8.32 Å². The van der Waals surface area contributed by atoms with Crippen molar-refractivity contribution in [2.24, 2.45) is 0 Å². The highest BCUT2D eigenvalue weighted by atomic mass is 32.2. The molecule has 0 fully saturated rings. The van der Waals surface area contributed by atoms with Crippen molar-refractivity contribution >= 4 is 52.3 Å². The Morgan fingerprint density at radius 3 is 2.35 bits per heavy atom. The Hall–Kier alpha value is -3.29. The van der Waals surface area contributed by atoms with E-state index in [-0.39, 0.29) is 34.6 Å². The molecule has 1 aliphatic rings. The molecular formula is C30H43N5O6SSi. The van der Waals surface area contributed by atoms with Crippen molar-refractivity contribution in [2.75, 3.05) is 35.8 Å². The van der Waals surface area contributed by atoms with E-state index in [0.717, 1.165) is 11.8 Å². The zero-order chi connectivity index (χ0) is 32.1. The summed E-state index contributed by atoms with van der Waals surface area (Å²) in [6.07, 6.45) is 2.01. The van der Waals surface area contributed by atoms with Crippen molar-refractivity contribution in [3.05, 3.63) is 46.4 Å². The van der Waals surface area contributed by atoms with E-state index in [4.69, 9.17) is 9.16 Å². The predicted molar refractivity (Wildman–Crippen MR) is 172 cm³/mol. The van der Waals surface area contributed by atoms with Gasteiger partial charge < -0.3 is 14.1 Å². The first-order chi connectivity index (χ1) is 19.7. The number of anilines is 3. The van der Waals surface area contributed by atoms with Crippen LogP contribution in [-0.2, 0) is 25.5 Å². The predicted octanol–water partition coefficient (Wildman–Crippen LogP) is 5.42. The maximum atomic E-state index is 14.3. The van der Waals surface area contributed by atoms with Crippen molar-refractivity contribution in [3.8, 4) is 0 Å². The maximum Gasteiger partial charge on any atom is 0.414 e. The van der Waals surface area contributed by atoms with Gasteiger partial charge in [-0.3, -0.25) is 14.3 Å². The largest absolute Gasteiger partial charge is 0.443 e. The Morgan fingerprint density at radius 2 is 1.74 bits per heavy atom. The van der Waals surface area contributed by atoms with E-state index in [2.05, 4.69) is 43.8 Å². The first-order valence-corrected chi connectivity index (χ1v) is 19.1. The SMILES string of the molecule is Cc1cccc2c1N(C(=O)OC(C)(C)C)CCN2c1cc2cnc(S(C)(=O)=O)nc2n(CCO[Si](C)(C)C(C)(C)C)c1=O. The summed E-state index contributed by atoms with van der Waals surface area (Å²) in [4.78, 5) is 39.4. The van der Waals surface area contributed by atoms with Gasteiger partial charge in [-0.15, -0.1) is 0 Å². The summed E-state index contributed by atoms with van der Waals surface area (Å²) in [7, 11) is -5.84. The highest BCUT2D eigenvalue weighted by molar-refractivity contribution is 7.90. The quantitative estimate of drug-likeness (QED) is 0.260. The van der Waals surface area contributed by atoms with Crippen molar-refractivity contribution < 1.29 is 22.4 Å². The van der Waals surface area contributed by atoms with Crippen LogP contribution in [0.15, 0.2) is 40.4 Å². The Morgan fingerprint density at radius 1 is 1.07 bits per heavy atom. The van der Waals surface area contributed by atoms with Crippen LogP contribution in [0.3, 0.4) is 0 Å². The molecule has 3 aromatic rings. The second-order valence-corrected chi connectivity index (χ2v) is 20.2. The minimum Gasteiger partial charge on any atom is -0.443 e. The molecule has 0 N–H and O–H groups in total. The van der Waals surface area contributed by atoms with Gasteiger partial charge in [0.1, 0.15) is 16.9 Å². The number of hydrogen-bond donors (Lipinski definition) is 0. The van der Waals surface area contributed by atoms with Gasteiger partial charge in [-0.05, 0) is 63.5 Å². The number of sulfone groups is 1. The number of fused-ring (bicyclic) bond motifs is 2. The number of aryl methyl sites for hydroxylation is 1. The lowest BCUT2D eigenvalue weighted by Gasteiger charge is -2.39. The van der Waals surface area contributed by atoms with Crippen LogP contribution in [0.1, 0.15) is 47.1 Å². The molecule has 0 atom stereocenters. The number of para-hydroxylation sites is 1. The molecule has 3 heterocycles. The second kappa shape index (κ2) is 11.3. The van der Waals surface area contributed by atoms with E-state index in [1.54, 1.807) is 11.0 Å². The molecule has 2 aromatic heterocycles. The zero-order valence-corrected chi connectivity index (χ0v) is 28.6. The highest BCUT2D eigenvalue weighted by Gasteiger charge is 2.37. The molecule has 0 bridgehead atoms. The summed E-state index contributed by atoms with van der Waals surface area (Å²) in [6, 6.07) is 7.35. The van der Waals surface area contributed by atoms with Gasteiger partial charge in [0, 0.05) is 37.5 Å². The van der Waals surface area contributed by atoms with E-state index in [9.17, 15) is 18.0 Å². The van der Waals surface area contributed by atoms with Gasteiger partial charge in [0.25, 0.3) is 5.56 Å². The van der Waals surface area contributed by atoms with Crippen molar-refractivity contribution in [3.63, 3.8) is 0 Å². The molecule has 11 nitrogen and oxygen atoms in total. The number of pyridine rings is 1. The highest BCUT2D eigenvalue weighted by Crippen LogP contribution is 2.40. The van der Waals surface area contributed by atoms with Gasteiger partial charge >= 0.3 is 6.09 Å². The Bertz CT molecular complexity index is 1720. The lowest BCUT2D eigenvalue weighted by molar-refractivity contribution is 0.0580. The molecular weight excluding hydrogens is 587 g/mol. The van der Waals surface area contributed by atoms with Crippen molar-refractivity contribution in [1.29, 1.82) is 0 Å². The molecule has 4 rings (SSSR count). The normalized spacial score (nSPS) is 14.7. The number of aromatic nitrogens is 3. The van der Waals surface area contributed by atoms with E-state index in [1.165, 1.54) is 10.8 Å². The number of amides is 1. The smallest absolute Gasteiger partial charge is 0.414 e. The first kappa shape index (κ1) is 32.6. The van der Waals surface area contributed by atoms with Gasteiger partial charge in [0.05, 0.1) is 18.0 Å². The molecule has 0 saturated carbocycles. The summed E-state index contributed by atoms with van der Waals surface area (Å²) in [6.45, 7) is 19.1. The Balaban J connectivity index is 1.85. The van der Waals surface area contributed by atoms with Crippen LogP contribution in [0, 0.1) is 6.92 Å². The van der Waals surface area contributed by atoms with Crippen LogP contribution in [0.5, 0.6) is 0 Å². The second-order valence-electron chi connectivity index (χ2n) is 13.5. The zero-order valence-electron chi connectivity index (χ0n) is 26.8. The number of ether oxygens (including phenoxy) is 1. The molecule has 0 spiro atoms. The number of hydrogen-bond acceptors (Lipinski definition) is 9. The van der Waals surface area contributed by atoms with Gasteiger partial charge in [0.2, 0.25) is 15.0 Å². The third-order valence-corrected chi connectivity index (χ3v) is 13.3. The van der Waals surface area contributed by atoms with E-state index < -0.39 is 29.8 Å². The van der Waals surface area contributed by atoms with E-state index >= 15 is 0 Å². The minimum absolute atomic E-state index is 0.0249. The maximum absolute atomic E-state index is 14.3. The van der Waals surface area contributed by atoms with Crippen molar-refractivity contribution in [1.82, 2.24) is 14.5 Å². The van der Waals surface area contributed by atoms with E-state index in [0.29, 0.717) is 35.5 Å². The van der Waals surface area contributed by atoms with Crippen LogP contribution in [0.4, 0.5) is 21.9 Å². The molecule has 43 heavy (non-hydrogen) atoms. The fraction of sp³-hybridized carbons (Fsp3) is 0.533. The fourth-order valence-corrected chi connectivity index (χ4v) is 6.24. The minimum atomic E-state index is -3.71. The van der Waals surface area contributed by atoms with Crippen LogP contribution in [0.2, 0.25) is 18.1 Å². The van der Waals surface area contributed by atoms with Crippen molar-refractivity contribution in [2.45, 2.75) is 83.9 Å². The molecule has 1 aliphatic heterocycles. The molecule has 234 valence electrons. The van der Waals surface area contributed by atoms with E-state index in [1.807, 2.05) is 50.8 Å². The summed E-state index contributed by atoms with van der Waals surface area (Å²) in [5.74, 6) is 0. The molecule has 13 heteroatoms. The fourth-order valence-electron chi connectivity index (χ4n) is 4.71. The molecule has 1 amide bonds. The Labute approximate surface area is 254 Å². The van der Waals surface area contributed by atoms with Gasteiger partial charge in [-0.2, -0.15) is 4.98 Å². The number of rotatable bonds is 6. The average molecular weight is 630 g/mol. The monoisotopic (exact) mass is 629 g/mol. The third kappa shape index (κ3) is 6.78. The molecule has 0 unspecified atom stereocenters. The van der Waals surface area contributed by atoms with Crippen LogP contribution >= 0.6 is 0 Å². The number of carbonyl (C=O) groups excluding carboxylic acids is 1. The van der Waals surface area contributed by atoms with Gasteiger partial charge in [-0.25, -0.2) is 18.2 Å². The molecule has 0 radical (unpaired) electrons. The number of carbonyl (C=O) groups is 1. The third-order valence-electron chi connectivity index (χ3n) is 7.93. The molecule has 0 saturated heterocycles. The number of nitrogens with zero attached hydrogens (tertiary/aromatic N) is 5. The van der Waals surface area contributed by atoms with Crippen LogP contribution in [-0.4, -0.2) is 68.9 Å². The van der Waals surface area contributed by atoms with Crippen LogP contribution < -0.4 is 15.4 Å². The summed E-state index contributed by atoms with van der Waals surface area (Å²) in [5, 5.41) is 0.138. The summed E-state index contributed by atoms with van der Waals surface area (Å²) < 4.78 is 38.2. The lowest BCUT2D eigenvalue weighted by atomic mass is 10.1. The lowest BCUT2D eigenvalue weighted by Crippen LogP contribution is -2.46. The standard InChI is InChI=1S/C30H43N5O6SSi/c1-20-12-11-13-22-24(20)34(28(37)41-29(2,3)4)15-14-33(22)23-18-21-19-31-27(42(8,38)39)32-25(21)35(26(23)36)16-17-40-43(9,10)30(5,6)7/h11-13,18-19H,14-17H2,1-10H3.